The number of fused-ring (bicyclic) bond motifs is 1. The van der Waals surface area contributed by atoms with Crippen LogP contribution in [0.3, 0.4) is 0 Å². The van der Waals surface area contributed by atoms with E-state index >= 15 is 0 Å². The number of nitrogens with zero attached hydrogens (tertiary/aromatic N) is 4. The van der Waals surface area contributed by atoms with Crippen molar-refractivity contribution in [3.05, 3.63) is 52.2 Å². The fourth-order valence-corrected chi connectivity index (χ4v) is 4.15. The predicted molar refractivity (Wildman–Crippen MR) is 103 cm³/mol. The fourth-order valence-electron chi connectivity index (χ4n) is 4.15. The molecule has 0 spiro atoms. The van der Waals surface area contributed by atoms with Gasteiger partial charge in [-0.1, -0.05) is 30.3 Å². The third-order valence-electron chi connectivity index (χ3n) is 5.55. The Labute approximate surface area is 159 Å². The number of benzene rings is 1. The molecule has 0 bridgehead atoms. The van der Waals surface area contributed by atoms with Crippen LogP contribution in [0, 0.1) is 0 Å². The third-order valence-corrected chi connectivity index (χ3v) is 5.55. The number of aromatic nitrogens is 3. The van der Waals surface area contributed by atoms with Gasteiger partial charge >= 0.3 is 11.7 Å². The number of urea groups is 1. The molecule has 1 aromatic carbocycles. The van der Waals surface area contributed by atoms with Gasteiger partial charge in [-0.05, 0) is 37.7 Å². The first-order valence-electron chi connectivity index (χ1n) is 10.00. The first-order valence-corrected chi connectivity index (χ1v) is 10.00. The number of aryl methyl sites for hydroxylation is 2. The Bertz CT molecular complexity index is 842. The van der Waals surface area contributed by atoms with Gasteiger partial charge in [-0.3, -0.25) is 4.57 Å². The summed E-state index contributed by atoms with van der Waals surface area (Å²) in [4.78, 5) is 26.8. The zero-order valence-corrected chi connectivity index (χ0v) is 15.6. The number of hydrogen-bond donors (Lipinski definition) is 1. The standard InChI is InChI=1S/C20H27N5O2/c26-19(23-14-6-10-17(23)16-8-2-1-3-9-16)21-12-7-15-25-20(27)24-13-5-4-11-18(24)22-25/h1-3,8-9,17H,4-7,10-15H2,(H,21,26). The zero-order chi connectivity index (χ0) is 18.6. The van der Waals surface area contributed by atoms with Gasteiger partial charge in [0, 0.05) is 32.6 Å². The molecule has 0 aliphatic carbocycles. The number of hydrogen-bond acceptors (Lipinski definition) is 3. The molecule has 0 radical (unpaired) electrons. The van der Waals surface area contributed by atoms with Crippen molar-refractivity contribution in [1.82, 2.24) is 24.6 Å². The highest BCUT2D eigenvalue weighted by Gasteiger charge is 2.29. The summed E-state index contributed by atoms with van der Waals surface area (Å²) in [6.07, 6.45) is 5.77. The van der Waals surface area contributed by atoms with Crippen LogP contribution in [0.25, 0.3) is 0 Å². The van der Waals surface area contributed by atoms with Crippen LogP contribution in [0.15, 0.2) is 35.1 Å². The molecule has 2 amide bonds. The molecule has 4 rings (SSSR count). The van der Waals surface area contributed by atoms with Crippen LogP contribution < -0.4 is 11.0 Å². The second-order valence-corrected chi connectivity index (χ2v) is 7.38. The van der Waals surface area contributed by atoms with Crippen LogP contribution in [-0.4, -0.2) is 38.4 Å². The van der Waals surface area contributed by atoms with Gasteiger partial charge in [0.15, 0.2) is 0 Å². The van der Waals surface area contributed by atoms with Crippen molar-refractivity contribution < 1.29 is 4.79 Å². The zero-order valence-electron chi connectivity index (χ0n) is 15.6. The quantitative estimate of drug-likeness (QED) is 0.822. The van der Waals surface area contributed by atoms with Crippen LogP contribution in [-0.2, 0) is 19.5 Å². The average Bonchev–Trinajstić information content (AvgIpc) is 3.31. The van der Waals surface area contributed by atoms with Crippen molar-refractivity contribution in [3.63, 3.8) is 0 Å². The van der Waals surface area contributed by atoms with E-state index in [2.05, 4.69) is 22.5 Å². The lowest BCUT2D eigenvalue weighted by Gasteiger charge is -2.25. The summed E-state index contributed by atoms with van der Waals surface area (Å²) >= 11 is 0. The average molecular weight is 369 g/mol. The van der Waals surface area contributed by atoms with E-state index in [9.17, 15) is 9.59 Å². The van der Waals surface area contributed by atoms with Gasteiger partial charge in [-0.25, -0.2) is 14.3 Å². The van der Waals surface area contributed by atoms with Gasteiger partial charge in [0.25, 0.3) is 0 Å². The lowest BCUT2D eigenvalue weighted by molar-refractivity contribution is 0.192. The highest BCUT2D eigenvalue weighted by molar-refractivity contribution is 5.75. The van der Waals surface area contributed by atoms with E-state index in [-0.39, 0.29) is 17.8 Å². The Morgan fingerprint density at radius 2 is 2.00 bits per heavy atom. The number of nitrogens with one attached hydrogen (secondary N) is 1. The third kappa shape index (κ3) is 3.77. The first kappa shape index (κ1) is 17.8. The summed E-state index contributed by atoms with van der Waals surface area (Å²) in [6, 6.07) is 10.4. The molecule has 1 atom stereocenters. The fraction of sp³-hybridized carbons (Fsp3) is 0.550. The number of likely N-dealkylation sites (tertiary alicyclic amines) is 1. The van der Waals surface area contributed by atoms with Gasteiger partial charge in [-0.15, -0.1) is 0 Å². The summed E-state index contributed by atoms with van der Waals surface area (Å²) in [5.74, 6) is 0.901. The highest BCUT2D eigenvalue weighted by atomic mass is 16.2. The second kappa shape index (κ2) is 7.98. The van der Waals surface area contributed by atoms with Gasteiger partial charge in [0.2, 0.25) is 0 Å². The summed E-state index contributed by atoms with van der Waals surface area (Å²) < 4.78 is 3.34. The number of carbonyl (C=O) groups is 1. The normalized spacial score (nSPS) is 19.1. The molecule has 7 nitrogen and oxygen atoms in total. The first-order chi connectivity index (χ1) is 13.2. The van der Waals surface area contributed by atoms with Gasteiger partial charge in [0.05, 0.1) is 6.04 Å². The molecule has 7 heteroatoms. The molecule has 1 unspecified atom stereocenters. The maximum atomic E-state index is 12.6. The largest absolute Gasteiger partial charge is 0.345 e. The van der Waals surface area contributed by atoms with Crippen LogP contribution in [0.1, 0.15) is 49.5 Å². The maximum absolute atomic E-state index is 12.6. The Kier molecular flexibility index (Phi) is 5.27. The molecule has 1 aromatic heterocycles. The molecule has 3 heterocycles. The van der Waals surface area contributed by atoms with E-state index in [0.29, 0.717) is 19.5 Å². The molecule has 0 saturated carbocycles. The van der Waals surface area contributed by atoms with Gasteiger partial charge < -0.3 is 10.2 Å². The van der Waals surface area contributed by atoms with Gasteiger partial charge in [0.1, 0.15) is 5.82 Å². The molecular weight excluding hydrogens is 342 g/mol. The SMILES string of the molecule is O=C(NCCCn1nc2n(c1=O)CCCC2)N1CCCC1c1ccccc1. The van der Waals surface area contributed by atoms with Crippen molar-refractivity contribution in [2.24, 2.45) is 0 Å². The minimum absolute atomic E-state index is 0.0142. The molecule has 1 N–H and O–H groups in total. The molecular formula is C20H27N5O2. The maximum Gasteiger partial charge on any atom is 0.345 e. The Morgan fingerprint density at radius 3 is 2.81 bits per heavy atom. The molecule has 144 valence electrons. The Hall–Kier alpha value is -2.57. The Balaban J connectivity index is 1.29. The summed E-state index contributed by atoms with van der Waals surface area (Å²) in [6.45, 7) is 2.66. The summed E-state index contributed by atoms with van der Waals surface area (Å²) in [5, 5.41) is 7.45. The molecule has 27 heavy (non-hydrogen) atoms. The van der Waals surface area contributed by atoms with Gasteiger partial charge in [-0.2, -0.15) is 5.10 Å². The van der Waals surface area contributed by atoms with E-state index < -0.39 is 0 Å². The highest BCUT2D eigenvalue weighted by Crippen LogP contribution is 2.31. The number of carbonyl (C=O) groups excluding carboxylic acids is 1. The van der Waals surface area contributed by atoms with Crippen molar-refractivity contribution >= 4 is 6.03 Å². The van der Waals surface area contributed by atoms with E-state index in [1.165, 1.54) is 5.56 Å². The monoisotopic (exact) mass is 369 g/mol. The minimum atomic E-state index is -0.0159. The van der Waals surface area contributed by atoms with Crippen LogP contribution >= 0.6 is 0 Å². The Morgan fingerprint density at radius 1 is 1.15 bits per heavy atom. The minimum Gasteiger partial charge on any atom is -0.338 e. The second-order valence-electron chi connectivity index (χ2n) is 7.38. The van der Waals surface area contributed by atoms with E-state index in [4.69, 9.17) is 0 Å². The van der Waals surface area contributed by atoms with Crippen LogP contribution in [0.5, 0.6) is 0 Å². The predicted octanol–water partition coefficient (Wildman–Crippen LogP) is 2.32. The molecule has 2 aliphatic heterocycles. The molecule has 1 fully saturated rings. The van der Waals surface area contributed by atoms with E-state index in [1.54, 1.807) is 9.25 Å². The lowest BCUT2D eigenvalue weighted by atomic mass is 10.1. The molecule has 1 saturated heterocycles. The van der Waals surface area contributed by atoms with E-state index in [1.807, 2.05) is 23.1 Å². The van der Waals surface area contributed by atoms with Crippen molar-refractivity contribution in [1.29, 1.82) is 0 Å². The van der Waals surface area contributed by atoms with Crippen LogP contribution in [0.4, 0.5) is 4.79 Å². The van der Waals surface area contributed by atoms with Crippen molar-refractivity contribution in [2.45, 2.75) is 57.7 Å². The van der Waals surface area contributed by atoms with E-state index in [0.717, 1.165) is 51.0 Å². The van der Waals surface area contributed by atoms with Crippen molar-refractivity contribution in [2.75, 3.05) is 13.1 Å². The summed E-state index contributed by atoms with van der Waals surface area (Å²) in [7, 11) is 0. The smallest absolute Gasteiger partial charge is 0.338 e. The van der Waals surface area contributed by atoms with Crippen LogP contribution in [0.2, 0.25) is 0 Å². The molecule has 2 aliphatic rings. The molecule has 2 aromatic rings. The van der Waals surface area contributed by atoms with Crippen molar-refractivity contribution in [3.8, 4) is 0 Å². The lowest BCUT2D eigenvalue weighted by Crippen LogP contribution is -2.40. The topological polar surface area (TPSA) is 72.2 Å². The number of amides is 2. The summed E-state index contributed by atoms with van der Waals surface area (Å²) in [5.41, 5.74) is 1.18. The number of rotatable bonds is 5.